The normalized spacial score (nSPS) is 29.8. The molecule has 1 N–H and O–H groups in total. The van der Waals surface area contributed by atoms with Crippen LogP contribution in [0.15, 0.2) is 47.6 Å². The van der Waals surface area contributed by atoms with Gasteiger partial charge in [-0.3, -0.25) is 0 Å². The summed E-state index contributed by atoms with van der Waals surface area (Å²) < 4.78 is 4.87. The molecule has 3 unspecified atom stereocenters. The van der Waals surface area contributed by atoms with Gasteiger partial charge in [0.25, 0.3) is 0 Å². The molecular formula is C17H23NO2. The van der Waals surface area contributed by atoms with E-state index in [1.54, 1.807) is 0 Å². The predicted octanol–water partition coefficient (Wildman–Crippen LogP) is 2.91. The van der Waals surface area contributed by atoms with Crippen LogP contribution in [0.1, 0.15) is 26.7 Å². The van der Waals surface area contributed by atoms with E-state index in [-0.39, 0.29) is 12.0 Å². The Morgan fingerprint density at radius 2 is 2.25 bits per heavy atom. The summed E-state index contributed by atoms with van der Waals surface area (Å²) in [6.45, 7) is 8.44. The Bertz CT molecular complexity index is 499. The van der Waals surface area contributed by atoms with Gasteiger partial charge in [-0.25, -0.2) is 4.79 Å². The predicted molar refractivity (Wildman–Crippen MR) is 81.2 cm³/mol. The van der Waals surface area contributed by atoms with Gasteiger partial charge in [0.15, 0.2) is 0 Å². The quantitative estimate of drug-likeness (QED) is 0.634. The third-order valence-electron chi connectivity index (χ3n) is 4.10. The van der Waals surface area contributed by atoms with Crippen molar-refractivity contribution in [3.63, 3.8) is 0 Å². The van der Waals surface area contributed by atoms with Crippen LogP contribution in [-0.4, -0.2) is 25.2 Å². The average molecular weight is 273 g/mol. The molecule has 108 valence electrons. The molecule has 0 saturated heterocycles. The average Bonchev–Trinajstić information content (AvgIpc) is 2.42. The zero-order chi connectivity index (χ0) is 14.7. The molecule has 3 atom stereocenters. The highest BCUT2D eigenvalue weighted by molar-refractivity contribution is 5.91. The van der Waals surface area contributed by atoms with Crippen LogP contribution in [0.5, 0.6) is 0 Å². The number of carbonyl (C=O) groups is 1. The van der Waals surface area contributed by atoms with Crippen molar-refractivity contribution in [1.82, 2.24) is 5.32 Å². The second kappa shape index (κ2) is 6.23. The van der Waals surface area contributed by atoms with Crippen LogP contribution in [0, 0.1) is 5.92 Å². The molecule has 0 bridgehead atoms. The first-order valence-electron chi connectivity index (χ1n) is 7.11. The van der Waals surface area contributed by atoms with Crippen molar-refractivity contribution in [1.29, 1.82) is 0 Å². The van der Waals surface area contributed by atoms with E-state index in [2.05, 4.69) is 31.8 Å². The van der Waals surface area contributed by atoms with Gasteiger partial charge in [0.2, 0.25) is 0 Å². The summed E-state index contributed by atoms with van der Waals surface area (Å²) in [6.07, 6.45) is 10.1. The second-order valence-electron chi connectivity index (χ2n) is 5.66. The Morgan fingerprint density at radius 3 is 2.90 bits per heavy atom. The van der Waals surface area contributed by atoms with E-state index in [0.29, 0.717) is 17.5 Å². The minimum Gasteiger partial charge on any atom is -0.466 e. The summed E-state index contributed by atoms with van der Waals surface area (Å²) >= 11 is 0. The maximum atomic E-state index is 11.9. The molecule has 0 saturated carbocycles. The Kier molecular flexibility index (Phi) is 4.61. The van der Waals surface area contributed by atoms with E-state index >= 15 is 0 Å². The van der Waals surface area contributed by atoms with Gasteiger partial charge in [-0.15, -0.1) is 0 Å². The lowest BCUT2D eigenvalue weighted by Gasteiger charge is -2.33. The lowest BCUT2D eigenvalue weighted by atomic mass is 9.85. The maximum Gasteiger partial charge on any atom is 0.335 e. The van der Waals surface area contributed by atoms with Gasteiger partial charge in [-0.1, -0.05) is 37.3 Å². The molecule has 0 amide bonds. The van der Waals surface area contributed by atoms with Crippen LogP contribution in [0.4, 0.5) is 0 Å². The highest BCUT2D eigenvalue weighted by Gasteiger charge is 2.29. The van der Waals surface area contributed by atoms with Crippen LogP contribution in [0.2, 0.25) is 0 Å². The lowest BCUT2D eigenvalue weighted by Crippen LogP contribution is -2.46. The molecule has 3 nitrogen and oxygen atoms in total. The first-order valence-corrected chi connectivity index (χ1v) is 7.11. The summed E-state index contributed by atoms with van der Waals surface area (Å²) in [6, 6.07) is 0.215. The number of allylic oxidation sites excluding steroid dienone is 3. The first-order chi connectivity index (χ1) is 9.52. The molecule has 0 radical (unpaired) electrons. The van der Waals surface area contributed by atoms with E-state index in [1.807, 2.05) is 18.2 Å². The molecule has 0 fully saturated rings. The van der Waals surface area contributed by atoms with Crippen LogP contribution in [0.3, 0.4) is 0 Å². The number of hydrogen-bond donors (Lipinski definition) is 1. The maximum absolute atomic E-state index is 11.9. The summed E-state index contributed by atoms with van der Waals surface area (Å²) in [5.41, 5.74) is 2.99. The SMILES string of the molecule is C=C1C=CC=C(C(=O)OC)C1NC1CCC(C)=CC1C. The number of hydrogen-bond acceptors (Lipinski definition) is 3. The zero-order valence-electron chi connectivity index (χ0n) is 12.5. The molecule has 20 heavy (non-hydrogen) atoms. The molecule has 2 aliphatic carbocycles. The van der Waals surface area contributed by atoms with E-state index in [1.165, 1.54) is 12.7 Å². The van der Waals surface area contributed by atoms with Gasteiger partial charge in [-0.2, -0.15) is 0 Å². The summed E-state index contributed by atoms with van der Waals surface area (Å²) in [5, 5.41) is 3.58. The fourth-order valence-electron chi connectivity index (χ4n) is 2.91. The van der Waals surface area contributed by atoms with E-state index in [9.17, 15) is 4.79 Å². The van der Waals surface area contributed by atoms with Crippen molar-refractivity contribution >= 4 is 5.97 Å². The van der Waals surface area contributed by atoms with Gasteiger partial charge < -0.3 is 10.1 Å². The molecule has 0 aliphatic heterocycles. The Morgan fingerprint density at radius 1 is 1.50 bits per heavy atom. The molecule has 0 heterocycles. The second-order valence-corrected chi connectivity index (χ2v) is 5.66. The molecule has 0 aromatic rings. The van der Waals surface area contributed by atoms with Gasteiger partial charge in [-0.05, 0) is 37.3 Å². The zero-order valence-corrected chi connectivity index (χ0v) is 12.5. The third kappa shape index (κ3) is 3.10. The van der Waals surface area contributed by atoms with Gasteiger partial charge in [0, 0.05) is 6.04 Å². The van der Waals surface area contributed by atoms with Crippen molar-refractivity contribution in [2.45, 2.75) is 38.8 Å². The lowest BCUT2D eigenvalue weighted by molar-refractivity contribution is -0.136. The highest BCUT2D eigenvalue weighted by atomic mass is 16.5. The topological polar surface area (TPSA) is 38.3 Å². The van der Waals surface area contributed by atoms with Crippen molar-refractivity contribution < 1.29 is 9.53 Å². The molecule has 2 rings (SSSR count). The van der Waals surface area contributed by atoms with Crippen molar-refractivity contribution in [3.8, 4) is 0 Å². The van der Waals surface area contributed by atoms with Gasteiger partial charge in [0.1, 0.15) is 0 Å². The largest absolute Gasteiger partial charge is 0.466 e. The summed E-state index contributed by atoms with van der Waals surface area (Å²) in [7, 11) is 1.41. The Balaban J connectivity index is 2.14. The molecule has 2 aliphatic rings. The Labute approximate surface area is 121 Å². The van der Waals surface area contributed by atoms with Crippen molar-refractivity contribution in [2.75, 3.05) is 7.11 Å². The first kappa shape index (κ1) is 14.8. The van der Waals surface area contributed by atoms with E-state index in [4.69, 9.17) is 4.74 Å². The fourth-order valence-corrected chi connectivity index (χ4v) is 2.91. The highest BCUT2D eigenvalue weighted by Crippen LogP contribution is 2.26. The fraction of sp³-hybridized carbons (Fsp3) is 0.471. The molecule has 3 heteroatoms. The standard InChI is InChI=1S/C17H23NO2/c1-11-8-9-15(13(3)10-11)18-16-12(2)6-5-7-14(16)17(19)20-4/h5-7,10,13,15-16,18H,2,8-9H2,1,3-4H3. The monoisotopic (exact) mass is 273 g/mol. The third-order valence-corrected chi connectivity index (χ3v) is 4.10. The van der Waals surface area contributed by atoms with Crippen LogP contribution in [0.25, 0.3) is 0 Å². The minimum absolute atomic E-state index is 0.147. The molecular weight excluding hydrogens is 250 g/mol. The smallest absolute Gasteiger partial charge is 0.335 e. The number of carbonyl (C=O) groups excluding carboxylic acids is 1. The van der Waals surface area contributed by atoms with Gasteiger partial charge >= 0.3 is 5.97 Å². The van der Waals surface area contributed by atoms with Crippen LogP contribution < -0.4 is 5.32 Å². The molecule has 0 aromatic heterocycles. The number of methoxy groups -OCH3 is 1. The van der Waals surface area contributed by atoms with Crippen molar-refractivity contribution in [2.24, 2.45) is 5.92 Å². The number of nitrogens with one attached hydrogen (secondary N) is 1. The number of esters is 1. The van der Waals surface area contributed by atoms with E-state index < -0.39 is 0 Å². The van der Waals surface area contributed by atoms with Gasteiger partial charge in [0.05, 0.1) is 18.7 Å². The van der Waals surface area contributed by atoms with Crippen molar-refractivity contribution in [3.05, 3.63) is 47.6 Å². The summed E-state index contributed by atoms with van der Waals surface area (Å²) in [4.78, 5) is 11.9. The molecule has 0 aromatic carbocycles. The van der Waals surface area contributed by atoms with Crippen LogP contribution >= 0.6 is 0 Å². The Hall–Kier alpha value is -1.61. The van der Waals surface area contributed by atoms with Crippen LogP contribution in [-0.2, 0) is 9.53 Å². The summed E-state index contributed by atoms with van der Waals surface area (Å²) in [5.74, 6) is 0.171. The molecule has 0 spiro atoms. The number of rotatable bonds is 3. The number of ether oxygens (including phenoxy) is 1. The van der Waals surface area contributed by atoms with E-state index in [0.717, 1.165) is 18.4 Å². The minimum atomic E-state index is -0.289.